The summed E-state index contributed by atoms with van der Waals surface area (Å²) in [6, 6.07) is 10.3. The fourth-order valence-electron chi connectivity index (χ4n) is 1.83. The zero-order valence-corrected chi connectivity index (χ0v) is 11.2. The molecule has 0 atom stereocenters. The van der Waals surface area contributed by atoms with Crippen molar-refractivity contribution in [2.24, 2.45) is 5.92 Å². The summed E-state index contributed by atoms with van der Waals surface area (Å²) < 4.78 is 5.81. The van der Waals surface area contributed by atoms with Crippen molar-refractivity contribution >= 4 is 10.9 Å². The van der Waals surface area contributed by atoms with Gasteiger partial charge in [-0.3, -0.25) is 0 Å². The molecule has 0 aliphatic rings. The minimum atomic E-state index is 0.501. The predicted octanol–water partition coefficient (Wildman–Crippen LogP) is 2.99. The van der Waals surface area contributed by atoms with Crippen LogP contribution in [0.1, 0.15) is 19.4 Å². The molecule has 0 amide bonds. The third-order valence-electron chi connectivity index (χ3n) is 2.68. The van der Waals surface area contributed by atoms with Crippen LogP contribution in [0.25, 0.3) is 10.9 Å². The lowest BCUT2D eigenvalue weighted by Crippen LogP contribution is -2.11. The van der Waals surface area contributed by atoms with E-state index < -0.39 is 0 Å². The zero-order valence-electron chi connectivity index (χ0n) is 11.2. The molecule has 0 fully saturated rings. The Morgan fingerprint density at radius 2 is 2.06 bits per heavy atom. The molecule has 3 nitrogen and oxygen atoms in total. The molecule has 0 unspecified atom stereocenters. The summed E-state index contributed by atoms with van der Waals surface area (Å²) in [7, 11) is 1.93. The average molecular weight is 244 g/mol. The van der Waals surface area contributed by atoms with Gasteiger partial charge in [-0.2, -0.15) is 0 Å². The highest BCUT2D eigenvalue weighted by molar-refractivity contribution is 5.80. The number of aromatic nitrogens is 1. The first-order valence-corrected chi connectivity index (χ1v) is 6.36. The van der Waals surface area contributed by atoms with Crippen LogP contribution in [0.3, 0.4) is 0 Å². The summed E-state index contributed by atoms with van der Waals surface area (Å²) in [4.78, 5) is 4.60. The van der Waals surface area contributed by atoms with Gasteiger partial charge in [0.25, 0.3) is 0 Å². The van der Waals surface area contributed by atoms with E-state index in [1.807, 2.05) is 25.2 Å². The first kappa shape index (κ1) is 12.8. The van der Waals surface area contributed by atoms with Gasteiger partial charge in [0.1, 0.15) is 0 Å². The number of rotatable bonds is 5. The Labute approximate surface area is 108 Å². The van der Waals surface area contributed by atoms with Gasteiger partial charge in [-0.25, -0.2) is 4.98 Å². The Bertz CT molecular complexity index is 523. The summed E-state index contributed by atoms with van der Waals surface area (Å²) in [6.07, 6.45) is 0. The van der Waals surface area contributed by atoms with E-state index in [0.717, 1.165) is 28.9 Å². The van der Waals surface area contributed by atoms with Crippen LogP contribution in [-0.2, 0) is 6.54 Å². The molecule has 0 radical (unpaired) electrons. The van der Waals surface area contributed by atoms with E-state index in [0.29, 0.717) is 12.5 Å². The Balaban J connectivity index is 2.37. The number of benzene rings is 1. The molecule has 0 aliphatic carbocycles. The molecule has 0 saturated heterocycles. The molecule has 2 rings (SSSR count). The van der Waals surface area contributed by atoms with Gasteiger partial charge in [0.15, 0.2) is 0 Å². The molecular weight excluding hydrogens is 224 g/mol. The van der Waals surface area contributed by atoms with Crippen LogP contribution in [0.5, 0.6) is 5.88 Å². The fraction of sp³-hybridized carbons (Fsp3) is 0.400. The fourth-order valence-corrected chi connectivity index (χ4v) is 1.83. The monoisotopic (exact) mass is 244 g/mol. The van der Waals surface area contributed by atoms with Gasteiger partial charge in [-0.1, -0.05) is 32.0 Å². The van der Waals surface area contributed by atoms with E-state index in [4.69, 9.17) is 4.74 Å². The van der Waals surface area contributed by atoms with Gasteiger partial charge in [0, 0.05) is 17.5 Å². The van der Waals surface area contributed by atoms with Gasteiger partial charge in [0.2, 0.25) is 5.88 Å². The molecule has 1 aromatic carbocycles. The summed E-state index contributed by atoms with van der Waals surface area (Å²) in [5.74, 6) is 1.25. The van der Waals surface area contributed by atoms with Gasteiger partial charge in [-0.15, -0.1) is 0 Å². The van der Waals surface area contributed by atoms with E-state index in [1.165, 1.54) is 0 Å². The molecule has 0 spiro atoms. The van der Waals surface area contributed by atoms with Crippen molar-refractivity contribution < 1.29 is 4.74 Å². The predicted molar refractivity (Wildman–Crippen MR) is 74.8 cm³/mol. The molecule has 0 saturated carbocycles. The van der Waals surface area contributed by atoms with E-state index in [-0.39, 0.29) is 0 Å². The average Bonchev–Trinajstić information content (AvgIpc) is 2.36. The third-order valence-corrected chi connectivity index (χ3v) is 2.68. The maximum Gasteiger partial charge on any atom is 0.218 e. The number of fused-ring (bicyclic) bond motifs is 1. The van der Waals surface area contributed by atoms with Crippen LogP contribution in [0.4, 0.5) is 0 Å². The van der Waals surface area contributed by atoms with Crippen molar-refractivity contribution in [1.29, 1.82) is 0 Å². The molecule has 0 bridgehead atoms. The molecule has 2 aromatic rings. The van der Waals surface area contributed by atoms with Crippen LogP contribution in [0, 0.1) is 5.92 Å². The SMILES string of the molecule is CNCc1cc2ccccc2nc1OCC(C)C. The van der Waals surface area contributed by atoms with Crippen molar-refractivity contribution in [1.82, 2.24) is 10.3 Å². The van der Waals surface area contributed by atoms with Crippen molar-refractivity contribution in [3.05, 3.63) is 35.9 Å². The van der Waals surface area contributed by atoms with Crippen LogP contribution in [0.15, 0.2) is 30.3 Å². The van der Waals surface area contributed by atoms with E-state index >= 15 is 0 Å². The van der Waals surface area contributed by atoms with Crippen LogP contribution in [0.2, 0.25) is 0 Å². The summed E-state index contributed by atoms with van der Waals surface area (Å²) in [5, 5.41) is 4.31. The Morgan fingerprint density at radius 1 is 1.28 bits per heavy atom. The maximum atomic E-state index is 5.81. The summed E-state index contributed by atoms with van der Waals surface area (Å²) in [6.45, 7) is 5.74. The minimum absolute atomic E-state index is 0.501. The number of pyridine rings is 1. The molecular formula is C15H20N2O. The maximum absolute atomic E-state index is 5.81. The Kier molecular flexibility index (Phi) is 4.15. The van der Waals surface area contributed by atoms with Gasteiger partial charge >= 0.3 is 0 Å². The lowest BCUT2D eigenvalue weighted by atomic mass is 10.1. The Morgan fingerprint density at radius 3 is 2.78 bits per heavy atom. The second kappa shape index (κ2) is 5.83. The zero-order chi connectivity index (χ0) is 13.0. The molecule has 0 aliphatic heterocycles. The third kappa shape index (κ3) is 2.99. The first-order valence-electron chi connectivity index (χ1n) is 6.36. The van der Waals surface area contributed by atoms with Crippen molar-refractivity contribution in [3.8, 4) is 5.88 Å². The Hall–Kier alpha value is -1.61. The standard InChI is InChI=1S/C15H20N2O/c1-11(2)10-18-15-13(9-16-3)8-12-6-4-5-7-14(12)17-15/h4-8,11,16H,9-10H2,1-3H3. The van der Waals surface area contributed by atoms with Gasteiger partial charge < -0.3 is 10.1 Å². The molecule has 3 heteroatoms. The molecule has 1 heterocycles. The number of ether oxygens (including phenoxy) is 1. The van der Waals surface area contributed by atoms with Crippen molar-refractivity contribution in [2.45, 2.75) is 20.4 Å². The van der Waals surface area contributed by atoms with Crippen LogP contribution < -0.4 is 10.1 Å². The van der Waals surface area contributed by atoms with E-state index in [1.54, 1.807) is 0 Å². The number of nitrogens with one attached hydrogen (secondary N) is 1. The largest absolute Gasteiger partial charge is 0.477 e. The minimum Gasteiger partial charge on any atom is -0.477 e. The van der Waals surface area contributed by atoms with Gasteiger partial charge in [-0.05, 0) is 25.1 Å². The number of hydrogen-bond donors (Lipinski definition) is 1. The first-order chi connectivity index (χ1) is 8.70. The quantitative estimate of drug-likeness (QED) is 0.878. The van der Waals surface area contributed by atoms with Crippen LogP contribution in [-0.4, -0.2) is 18.6 Å². The molecule has 1 aromatic heterocycles. The van der Waals surface area contributed by atoms with Gasteiger partial charge in [0.05, 0.1) is 12.1 Å². The summed E-state index contributed by atoms with van der Waals surface area (Å²) in [5.41, 5.74) is 2.09. The van der Waals surface area contributed by atoms with Crippen molar-refractivity contribution in [2.75, 3.05) is 13.7 Å². The second-order valence-corrected chi connectivity index (χ2v) is 4.88. The van der Waals surface area contributed by atoms with E-state index in [9.17, 15) is 0 Å². The number of nitrogens with zero attached hydrogens (tertiary/aromatic N) is 1. The number of para-hydroxylation sites is 1. The molecule has 18 heavy (non-hydrogen) atoms. The van der Waals surface area contributed by atoms with Crippen LogP contribution >= 0.6 is 0 Å². The smallest absolute Gasteiger partial charge is 0.218 e. The topological polar surface area (TPSA) is 34.2 Å². The van der Waals surface area contributed by atoms with E-state index in [2.05, 4.69) is 36.3 Å². The second-order valence-electron chi connectivity index (χ2n) is 4.88. The normalized spacial score (nSPS) is 11.1. The summed E-state index contributed by atoms with van der Waals surface area (Å²) >= 11 is 0. The molecule has 96 valence electrons. The lowest BCUT2D eigenvalue weighted by molar-refractivity contribution is 0.259. The highest BCUT2D eigenvalue weighted by Gasteiger charge is 2.08. The van der Waals surface area contributed by atoms with Crippen molar-refractivity contribution in [3.63, 3.8) is 0 Å². The lowest BCUT2D eigenvalue weighted by Gasteiger charge is -2.13. The number of hydrogen-bond acceptors (Lipinski definition) is 3. The molecule has 1 N–H and O–H groups in total. The highest BCUT2D eigenvalue weighted by Crippen LogP contribution is 2.22. The highest BCUT2D eigenvalue weighted by atomic mass is 16.5.